The second-order valence-electron chi connectivity index (χ2n) is 8.56. The van der Waals surface area contributed by atoms with E-state index in [0.29, 0.717) is 17.0 Å². The van der Waals surface area contributed by atoms with Crippen LogP contribution >= 0.6 is 0 Å². The average Bonchev–Trinajstić information content (AvgIpc) is 3.56. The van der Waals surface area contributed by atoms with Gasteiger partial charge >= 0.3 is 0 Å². The highest BCUT2D eigenvalue weighted by Crippen LogP contribution is 2.41. The number of carbonyl (C=O) groups excluding carboxylic acids is 1. The Hall–Kier alpha value is -5.71. The molecule has 43 heavy (non-hydrogen) atoms. The lowest BCUT2D eigenvalue weighted by atomic mass is 10.2. The maximum absolute atomic E-state index is 13.5. The molecule has 16 nitrogen and oxygen atoms in total. The number of aromatic nitrogens is 8. The molecule has 0 radical (unpaired) electrons. The second-order valence-corrected chi connectivity index (χ2v) is 10.2. The van der Waals surface area contributed by atoms with E-state index in [1.807, 2.05) is 0 Å². The summed E-state index contributed by atoms with van der Waals surface area (Å²) in [5, 5.41) is 13.3. The third-order valence-electron chi connectivity index (χ3n) is 5.62. The molecule has 220 valence electrons. The number of carbonyl (C=O) groups is 1. The van der Waals surface area contributed by atoms with E-state index in [2.05, 4.69) is 45.3 Å². The zero-order valence-corrected chi connectivity index (χ0v) is 23.5. The monoisotopic (exact) mass is 605 g/mol. The highest BCUT2D eigenvalue weighted by atomic mass is 32.2. The predicted octanol–water partition coefficient (Wildman–Crippen LogP) is 2.58. The van der Waals surface area contributed by atoms with Crippen molar-refractivity contribution in [2.24, 2.45) is 0 Å². The smallest absolute Gasteiger partial charge is 0.293 e. The van der Waals surface area contributed by atoms with Crippen LogP contribution in [-0.2, 0) is 19.6 Å². The molecule has 5 aromatic rings. The van der Waals surface area contributed by atoms with Gasteiger partial charge in [0.05, 0.1) is 7.11 Å². The van der Waals surface area contributed by atoms with E-state index in [4.69, 9.17) is 18.9 Å². The summed E-state index contributed by atoms with van der Waals surface area (Å²) < 4.78 is 51.4. The minimum atomic E-state index is -4.28. The Morgan fingerprint density at radius 2 is 1.86 bits per heavy atom. The number of methoxy groups -OCH3 is 1. The lowest BCUT2D eigenvalue weighted by molar-refractivity contribution is -0.129. The molecule has 0 aliphatic heterocycles. The molecule has 0 atom stereocenters. The lowest BCUT2D eigenvalue weighted by Gasteiger charge is -2.18. The van der Waals surface area contributed by atoms with Crippen LogP contribution in [0.1, 0.15) is 5.56 Å². The van der Waals surface area contributed by atoms with Crippen LogP contribution in [0.15, 0.2) is 66.0 Å². The van der Waals surface area contributed by atoms with Crippen molar-refractivity contribution in [3.05, 3.63) is 66.5 Å². The third-order valence-corrected chi connectivity index (χ3v) is 6.87. The van der Waals surface area contributed by atoms with Gasteiger partial charge in [0, 0.05) is 18.0 Å². The van der Waals surface area contributed by atoms with Crippen molar-refractivity contribution < 1.29 is 32.2 Å². The fourth-order valence-corrected chi connectivity index (χ4v) is 4.56. The van der Waals surface area contributed by atoms with Crippen LogP contribution in [0.3, 0.4) is 0 Å². The van der Waals surface area contributed by atoms with Crippen molar-refractivity contribution in [2.45, 2.75) is 11.9 Å². The molecule has 2 N–H and O–H groups in total. The van der Waals surface area contributed by atoms with E-state index in [0.717, 1.165) is 5.56 Å². The Morgan fingerprint density at radius 3 is 2.58 bits per heavy atom. The maximum Gasteiger partial charge on any atom is 0.293 e. The van der Waals surface area contributed by atoms with E-state index in [-0.39, 0.29) is 59.6 Å². The molecule has 17 heteroatoms. The molecule has 4 aromatic heterocycles. The van der Waals surface area contributed by atoms with E-state index in [1.54, 1.807) is 49.4 Å². The van der Waals surface area contributed by atoms with Gasteiger partial charge in [0.1, 0.15) is 18.9 Å². The molecule has 5 rings (SSSR count). The largest absolute Gasteiger partial charge is 0.493 e. The number of pyridine rings is 2. The quantitative estimate of drug-likeness (QED) is 0.146. The number of nitrogens with one attached hydrogen (secondary N) is 2. The number of aromatic amines is 1. The summed E-state index contributed by atoms with van der Waals surface area (Å²) in [5.74, 6) is 0.243. The number of aryl methyl sites for hydroxylation is 1. The van der Waals surface area contributed by atoms with E-state index < -0.39 is 10.0 Å². The zero-order valence-electron chi connectivity index (χ0n) is 22.7. The Kier molecular flexibility index (Phi) is 8.61. The minimum absolute atomic E-state index is 0.0318. The Labute approximate surface area is 244 Å². The molecule has 4 heterocycles. The van der Waals surface area contributed by atoms with Crippen LogP contribution < -0.4 is 18.9 Å². The summed E-state index contributed by atoms with van der Waals surface area (Å²) in [6.45, 7) is 1.78. The predicted molar refractivity (Wildman–Crippen MR) is 149 cm³/mol. The van der Waals surface area contributed by atoms with E-state index in [9.17, 15) is 13.2 Å². The van der Waals surface area contributed by atoms with Gasteiger partial charge in [-0.2, -0.15) is 13.4 Å². The molecule has 0 fully saturated rings. The van der Waals surface area contributed by atoms with Gasteiger partial charge in [0.15, 0.2) is 34.0 Å². The number of benzene rings is 1. The van der Waals surface area contributed by atoms with Crippen molar-refractivity contribution in [3.63, 3.8) is 0 Å². The van der Waals surface area contributed by atoms with E-state index in [1.165, 1.54) is 25.6 Å². The van der Waals surface area contributed by atoms with Gasteiger partial charge < -0.3 is 18.9 Å². The number of rotatable bonds is 13. The summed E-state index contributed by atoms with van der Waals surface area (Å²) in [6.07, 6.45) is 2.90. The van der Waals surface area contributed by atoms with Crippen molar-refractivity contribution in [1.29, 1.82) is 0 Å². The number of tetrazole rings is 1. The van der Waals surface area contributed by atoms with Crippen LogP contribution in [0.4, 0.5) is 5.82 Å². The van der Waals surface area contributed by atoms with Gasteiger partial charge in [-0.25, -0.2) is 15.1 Å². The summed E-state index contributed by atoms with van der Waals surface area (Å²) >= 11 is 0. The number of anilines is 1. The molecule has 0 unspecified atom stereocenters. The highest BCUT2D eigenvalue weighted by Gasteiger charge is 2.26. The molecule has 0 spiro atoms. The van der Waals surface area contributed by atoms with Gasteiger partial charge in [0.25, 0.3) is 22.4 Å². The van der Waals surface area contributed by atoms with Gasteiger partial charge in [-0.05, 0) is 53.2 Å². The fourth-order valence-electron chi connectivity index (χ4n) is 3.63. The number of ether oxygens (including phenoxy) is 4. The Bertz CT molecular complexity index is 1820. The number of hydrogen-bond donors (Lipinski definition) is 2. The zero-order chi connectivity index (χ0) is 30.2. The highest BCUT2D eigenvalue weighted by molar-refractivity contribution is 7.92. The first-order valence-electron chi connectivity index (χ1n) is 12.4. The molecule has 0 aliphatic carbocycles. The van der Waals surface area contributed by atoms with Crippen LogP contribution in [-0.4, -0.2) is 75.8 Å². The minimum Gasteiger partial charge on any atom is -0.493 e. The molecule has 0 saturated carbocycles. The number of H-pyrrole nitrogens is 1. The standard InChI is InChI=1S/C26H23N9O7S/c1-16-7-8-21(28-14-16)43(37,38)33-25-22(42-20-6-4-3-5-19(20)39-2)26(41-12-11-40-15-36)30-23(29-25)17-9-10-27-18(13-17)24-31-34-35-32-24/h3-10,13-15H,11-12H2,1-2H3,(H,29,30,33)(H,31,32,34,35). The van der Waals surface area contributed by atoms with Crippen molar-refractivity contribution in [2.75, 3.05) is 25.0 Å². The van der Waals surface area contributed by atoms with Crippen LogP contribution in [0, 0.1) is 6.92 Å². The lowest BCUT2D eigenvalue weighted by Crippen LogP contribution is -2.17. The topological polar surface area (TPSA) is 206 Å². The van der Waals surface area contributed by atoms with Crippen molar-refractivity contribution in [1.82, 2.24) is 40.6 Å². The SMILES string of the molecule is COc1ccccc1Oc1c(NS(=O)(=O)c2ccc(C)cn2)nc(-c2ccnc(-c3nnn[nH]3)c2)nc1OCCOC=O. The van der Waals surface area contributed by atoms with Crippen LogP contribution in [0.5, 0.6) is 23.1 Å². The fraction of sp³-hybridized carbons (Fsp3) is 0.154. The summed E-state index contributed by atoms with van der Waals surface area (Å²) in [6, 6.07) is 12.8. The molecule has 0 aliphatic rings. The first-order chi connectivity index (χ1) is 20.9. The molecule has 0 bridgehead atoms. The molecule has 0 amide bonds. The first-order valence-corrected chi connectivity index (χ1v) is 13.9. The van der Waals surface area contributed by atoms with Gasteiger partial charge in [-0.1, -0.05) is 18.2 Å². The van der Waals surface area contributed by atoms with E-state index >= 15 is 0 Å². The van der Waals surface area contributed by atoms with Crippen LogP contribution in [0.2, 0.25) is 0 Å². The Morgan fingerprint density at radius 1 is 1.02 bits per heavy atom. The number of sulfonamides is 1. The summed E-state index contributed by atoms with van der Waals surface area (Å²) in [7, 11) is -2.83. The van der Waals surface area contributed by atoms with Gasteiger partial charge in [0.2, 0.25) is 5.75 Å². The van der Waals surface area contributed by atoms with Gasteiger partial charge in [-0.15, -0.1) is 5.10 Å². The third kappa shape index (κ3) is 6.79. The number of para-hydroxylation sites is 2. The van der Waals surface area contributed by atoms with Crippen LogP contribution in [0.25, 0.3) is 22.9 Å². The van der Waals surface area contributed by atoms with Crippen molar-refractivity contribution >= 4 is 22.3 Å². The molecule has 0 saturated heterocycles. The number of nitrogens with zero attached hydrogens (tertiary/aromatic N) is 7. The Balaban J connectivity index is 1.66. The number of hydrogen-bond acceptors (Lipinski definition) is 14. The normalized spacial score (nSPS) is 11.0. The van der Waals surface area contributed by atoms with Gasteiger partial charge in [-0.3, -0.25) is 14.5 Å². The molecular formula is C26H23N9O7S. The molecule has 1 aromatic carbocycles. The second kappa shape index (κ2) is 12.9. The molecular weight excluding hydrogens is 582 g/mol. The first kappa shape index (κ1) is 28.8. The van der Waals surface area contributed by atoms with Crippen molar-refractivity contribution in [3.8, 4) is 46.0 Å². The maximum atomic E-state index is 13.5. The summed E-state index contributed by atoms with van der Waals surface area (Å²) in [4.78, 5) is 28.0. The average molecular weight is 606 g/mol. The summed E-state index contributed by atoms with van der Waals surface area (Å²) in [5.41, 5.74) is 1.55.